The van der Waals surface area contributed by atoms with Crippen LogP contribution in [0.5, 0.6) is 0 Å². The Morgan fingerprint density at radius 3 is 1.20 bits per heavy atom. The molecule has 0 aliphatic heterocycles. The van der Waals surface area contributed by atoms with Crippen molar-refractivity contribution in [3.05, 3.63) is 0 Å². The average Bonchev–Trinajstić information content (AvgIpc) is 0.811. The summed E-state index contributed by atoms with van der Waals surface area (Å²) in [6.07, 6.45) is 0. The van der Waals surface area contributed by atoms with E-state index in [-0.39, 0.29) is 45.1 Å². The molecule has 0 amide bonds. The molecule has 0 saturated heterocycles. The van der Waals surface area contributed by atoms with E-state index in [2.05, 4.69) is 17.4 Å². The summed E-state index contributed by atoms with van der Waals surface area (Å²) < 4.78 is 0. The first-order chi connectivity index (χ1) is 1.73. The van der Waals surface area contributed by atoms with Crippen LogP contribution in [-0.4, -0.2) is 14.1 Å². The summed E-state index contributed by atoms with van der Waals surface area (Å²) in [7, 11) is 0. The van der Waals surface area contributed by atoms with Crippen LogP contribution in [-0.2, 0) is 0 Å². The van der Waals surface area contributed by atoms with E-state index in [9.17, 15) is 0 Å². The number of rotatable bonds is 0. The first kappa shape index (κ1) is 9.73. The van der Waals surface area contributed by atoms with Gasteiger partial charge in [0.15, 0.2) is 0 Å². The maximum Gasteiger partial charge on any atom is 1.00 e. The van der Waals surface area contributed by atoms with Gasteiger partial charge in [0.25, 0.3) is 14.1 Å². The van der Waals surface area contributed by atoms with Gasteiger partial charge in [-0.3, -0.25) is 0 Å². The Labute approximate surface area is 62.1 Å². The van der Waals surface area contributed by atoms with E-state index in [1.54, 1.807) is 0 Å². The third-order valence-corrected chi connectivity index (χ3v) is 0. The zero-order valence-electron chi connectivity index (χ0n) is 5.58. The van der Waals surface area contributed by atoms with Gasteiger partial charge in [-0.2, -0.15) is 0 Å². The molecule has 0 nitrogen and oxygen atoms in total. The van der Waals surface area contributed by atoms with Crippen molar-refractivity contribution in [2.45, 2.75) is 17.4 Å². The molecule has 0 radical (unpaired) electrons. The molecule has 0 aliphatic carbocycles. The van der Waals surface area contributed by atoms with Crippen molar-refractivity contribution in [1.29, 1.82) is 0 Å². The molecule has 0 aromatic heterocycles. The standard InChI is InChI=1S/3CH3.Al.Na.H/h3*1H3;;;/q;;;;+1;-1. The van der Waals surface area contributed by atoms with E-state index < -0.39 is 0 Å². The molecule has 0 saturated carbocycles. The summed E-state index contributed by atoms with van der Waals surface area (Å²) in [6.45, 7) is 0. The van der Waals surface area contributed by atoms with E-state index in [4.69, 9.17) is 0 Å². The maximum absolute atomic E-state index is 2.31. The molecule has 0 aromatic rings. The van der Waals surface area contributed by atoms with Gasteiger partial charge in [0, 0.05) is 0 Å². The first-order valence-corrected chi connectivity index (χ1v) is 5.20. The Morgan fingerprint density at radius 1 is 1.20 bits per heavy atom. The fourth-order valence-corrected chi connectivity index (χ4v) is 0. The van der Waals surface area contributed by atoms with Gasteiger partial charge in [0.05, 0.1) is 0 Å². The monoisotopic (exact) mass is 96.0 g/mol. The Kier molecular flexibility index (Phi) is 10.8. The van der Waals surface area contributed by atoms with Crippen LogP contribution in [0.2, 0.25) is 17.4 Å². The summed E-state index contributed by atoms with van der Waals surface area (Å²) in [5.74, 6) is 6.92. The molecule has 0 atom stereocenters. The van der Waals surface area contributed by atoms with Gasteiger partial charge in [-0.1, -0.05) is 0 Å². The topological polar surface area (TPSA) is 0 Å². The zero-order valence-corrected chi connectivity index (χ0v) is 7.73. The fraction of sp³-hybridized carbons (Fsp3) is 1.00. The van der Waals surface area contributed by atoms with Crippen LogP contribution in [0.15, 0.2) is 0 Å². The molecular weight excluding hydrogens is 86.0 g/mol. The van der Waals surface area contributed by atoms with Crippen molar-refractivity contribution in [1.82, 2.24) is 0 Å². The quantitative estimate of drug-likeness (QED) is 0.321. The summed E-state index contributed by atoms with van der Waals surface area (Å²) in [5.41, 5.74) is 0. The van der Waals surface area contributed by atoms with Crippen molar-refractivity contribution in [2.24, 2.45) is 0 Å². The van der Waals surface area contributed by atoms with Crippen LogP contribution < -0.4 is 29.6 Å². The fourth-order valence-electron chi connectivity index (χ4n) is 0. The Morgan fingerprint density at radius 2 is 1.20 bits per heavy atom. The van der Waals surface area contributed by atoms with E-state index in [1.807, 2.05) is 0 Å². The SMILES string of the molecule is [CH3][Al]([CH3])[CH3].[H-].[Na+]. The second-order valence-corrected chi connectivity index (χ2v) is 5.20. The molecular formula is C3H10AlNa. The molecule has 0 fully saturated rings. The molecule has 0 spiro atoms. The van der Waals surface area contributed by atoms with Gasteiger partial charge in [-0.15, -0.1) is 17.4 Å². The molecule has 0 rings (SSSR count). The second kappa shape index (κ2) is 5.53. The molecule has 0 aromatic carbocycles. The Balaban J connectivity index is -0.0000000450. The first-order valence-electron chi connectivity index (χ1n) is 1.73. The predicted octanol–water partition coefficient (Wildman–Crippen LogP) is -1.51. The molecule has 26 valence electrons. The van der Waals surface area contributed by atoms with E-state index >= 15 is 0 Å². The smallest absolute Gasteiger partial charge is 1.00 e. The van der Waals surface area contributed by atoms with E-state index in [0.717, 1.165) is 0 Å². The molecule has 0 heterocycles. The molecule has 5 heavy (non-hydrogen) atoms. The van der Waals surface area contributed by atoms with Gasteiger partial charge in [0.2, 0.25) is 0 Å². The number of hydrogen-bond donors (Lipinski definition) is 0. The molecule has 0 unspecified atom stereocenters. The van der Waals surface area contributed by atoms with Crippen molar-refractivity contribution >= 4 is 14.1 Å². The van der Waals surface area contributed by atoms with Gasteiger partial charge >= 0.3 is 29.6 Å². The summed E-state index contributed by atoms with van der Waals surface area (Å²) in [4.78, 5) is 0. The van der Waals surface area contributed by atoms with E-state index in [1.165, 1.54) is 0 Å². The Bertz CT molecular complexity index is 15.5. The van der Waals surface area contributed by atoms with Crippen LogP contribution in [0, 0.1) is 0 Å². The third-order valence-electron chi connectivity index (χ3n) is 0. The van der Waals surface area contributed by atoms with Gasteiger partial charge in [0.1, 0.15) is 0 Å². The normalized spacial score (nSPS) is 5.40. The van der Waals surface area contributed by atoms with Crippen LogP contribution in [0.3, 0.4) is 0 Å². The molecule has 0 N–H and O–H groups in total. The minimum absolute atomic E-state index is 0. The molecule has 2 heteroatoms. The van der Waals surface area contributed by atoms with Crippen molar-refractivity contribution in [3.8, 4) is 0 Å². The summed E-state index contributed by atoms with van der Waals surface area (Å²) >= 11 is -0.139. The molecule has 0 bridgehead atoms. The minimum atomic E-state index is -0.139. The van der Waals surface area contributed by atoms with Crippen molar-refractivity contribution < 1.29 is 31.0 Å². The van der Waals surface area contributed by atoms with Gasteiger partial charge < -0.3 is 1.43 Å². The maximum atomic E-state index is 2.31. The second-order valence-electron chi connectivity index (χ2n) is 1.73. The third kappa shape index (κ3) is 29.4. The van der Waals surface area contributed by atoms with Crippen LogP contribution in [0.1, 0.15) is 1.43 Å². The Hall–Kier alpha value is 1.53. The predicted molar refractivity (Wildman–Crippen MR) is 24.5 cm³/mol. The van der Waals surface area contributed by atoms with Crippen LogP contribution >= 0.6 is 0 Å². The average molecular weight is 96.1 g/mol. The summed E-state index contributed by atoms with van der Waals surface area (Å²) in [5, 5.41) is 0. The zero-order chi connectivity index (χ0) is 3.58. The van der Waals surface area contributed by atoms with Crippen molar-refractivity contribution in [3.63, 3.8) is 0 Å². The van der Waals surface area contributed by atoms with Gasteiger partial charge in [-0.25, -0.2) is 0 Å². The van der Waals surface area contributed by atoms with Crippen LogP contribution in [0.4, 0.5) is 0 Å². The van der Waals surface area contributed by atoms with E-state index in [0.29, 0.717) is 0 Å². The minimum Gasteiger partial charge on any atom is -1.00 e. The molecule has 0 aliphatic rings. The number of hydrogen-bond acceptors (Lipinski definition) is 0. The largest absolute Gasteiger partial charge is 1.00 e. The van der Waals surface area contributed by atoms with Crippen LogP contribution in [0.25, 0.3) is 0 Å². The van der Waals surface area contributed by atoms with Gasteiger partial charge in [-0.05, 0) is 0 Å². The summed E-state index contributed by atoms with van der Waals surface area (Å²) in [6, 6.07) is 0. The van der Waals surface area contributed by atoms with Crippen molar-refractivity contribution in [2.75, 3.05) is 0 Å².